The number of piperazine rings is 1. The van der Waals surface area contributed by atoms with Gasteiger partial charge in [-0.1, -0.05) is 18.2 Å². The average molecular weight is 661 g/mol. The monoisotopic (exact) mass is 660 g/mol. The molecule has 1 heterocycles. The van der Waals surface area contributed by atoms with Gasteiger partial charge in [0.05, 0.1) is 37.3 Å². The maximum Gasteiger partial charge on any atom is 0.317 e. The number of likely N-dealkylation sites (N-methyl/N-ethyl adjacent to an activating group) is 1. The maximum absolute atomic E-state index is 13.7. The Bertz CT molecular complexity index is 1540. The highest BCUT2D eigenvalue weighted by molar-refractivity contribution is 6.09. The molecule has 0 unspecified atom stereocenters. The Kier molecular flexibility index (Phi) is 13.5. The van der Waals surface area contributed by atoms with Crippen molar-refractivity contribution in [2.45, 2.75) is 26.2 Å². The zero-order valence-corrected chi connectivity index (χ0v) is 28.4. The molecule has 0 saturated carbocycles. The van der Waals surface area contributed by atoms with Crippen molar-refractivity contribution >= 4 is 29.2 Å². The summed E-state index contributed by atoms with van der Waals surface area (Å²) in [5, 5.41) is 5.87. The molecule has 4 N–H and O–H groups in total. The van der Waals surface area contributed by atoms with Crippen LogP contribution in [0.5, 0.6) is 17.2 Å². The number of ether oxygens (including phenoxy) is 3. The second kappa shape index (κ2) is 17.9. The number of amides is 4. The number of carbonyl (C=O) groups excluding carboxylic acids is 3. The van der Waals surface area contributed by atoms with Gasteiger partial charge in [0, 0.05) is 45.3 Å². The molecule has 258 valence electrons. The number of aryl methyl sites for hydroxylation is 1. The third-order valence-electron chi connectivity index (χ3n) is 8.11. The summed E-state index contributed by atoms with van der Waals surface area (Å²) in [5.41, 5.74) is 8.35. The topological polar surface area (TPSA) is 139 Å². The molecule has 0 spiro atoms. The lowest BCUT2D eigenvalue weighted by atomic mass is 10.1. The molecule has 3 aromatic carbocycles. The van der Waals surface area contributed by atoms with Crippen LogP contribution in [-0.4, -0.2) is 101 Å². The van der Waals surface area contributed by atoms with Gasteiger partial charge in [-0.2, -0.15) is 0 Å². The van der Waals surface area contributed by atoms with Crippen molar-refractivity contribution in [1.29, 1.82) is 0 Å². The van der Waals surface area contributed by atoms with Gasteiger partial charge in [0.25, 0.3) is 11.8 Å². The molecule has 4 amide bonds. The van der Waals surface area contributed by atoms with Crippen LogP contribution in [0.25, 0.3) is 0 Å². The first kappa shape index (κ1) is 36.0. The Balaban J connectivity index is 1.35. The highest BCUT2D eigenvalue weighted by atomic mass is 16.5. The number of para-hydroxylation sites is 1. The number of carbonyl (C=O) groups is 3. The van der Waals surface area contributed by atoms with Crippen LogP contribution in [0.15, 0.2) is 60.7 Å². The highest BCUT2D eigenvalue weighted by Crippen LogP contribution is 2.32. The Morgan fingerprint density at radius 2 is 1.60 bits per heavy atom. The normalized spacial score (nSPS) is 13.1. The maximum atomic E-state index is 13.7. The fourth-order valence-corrected chi connectivity index (χ4v) is 5.21. The number of nitrogens with zero attached hydrogens (tertiary/aromatic N) is 3. The van der Waals surface area contributed by atoms with Gasteiger partial charge in [-0.05, 0) is 87.8 Å². The van der Waals surface area contributed by atoms with Crippen molar-refractivity contribution in [3.8, 4) is 17.2 Å². The predicted octanol–water partition coefficient (Wildman–Crippen LogP) is 4.38. The highest BCUT2D eigenvalue weighted by Gasteiger charge is 2.21. The zero-order chi connectivity index (χ0) is 34.5. The van der Waals surface area contributed by atoms with Gasteiger partial charge in [0.15, 0.2) is 0 Å². The second-order valence-corrected chi connectivity index (χ2v) is 11.8. The van der Waals surface area contributed by atoms with E-state index in [1.807, 2.05) is 30.0 Å². The van der Waals surface area contributed by atoms with Crippen LogP contribution in [-0.2, 0) is 0 Å². The van der Waals surface area contributed by atoms with Crippen LogP contribution in [0, 0.1) is 6.92 Å². The van der Waals surface area contributed by atoms with Crippen LogP contribution in [0.4, 0.5) is 16.2 Å². The number of nitrogens with one attached hydrogen (secondary N) is 2. The first-order valence-corrected chi connectivity index (χ1v) is 16.4. The van der Waals surface area contributed by atoms with Gasteiger partial charge in [-0.15, -0.1) is 0 Å². The molecular formula is C36H48N6O6. The summed E-state index contributed by atoms with van der Waals surface area (Å²) in [7, 11) is 5.23. The lowest BCUT2D eigenvalue weighted by Crippen LogP contribution is -2.50. The molecule has 1 saturated heterocycles. The molecule has 48 heavy (non-hydrogen) atoms. The van der Waals surface area contributed by atoms with Gasteiger partial charge in [0.1, 0.15) is 17.2 Å². The van der Waals surface area contributed by atoms with E-state index in [9.17, 15) is 14.4 Å². The van der Waals surface area contributed by atoms with Gasteiger partial charge < -0.3 is 45.3 Å². The lowest BCUT2D eigenvalue weighted by Gasteiger charge is -2.32. The number of urea groups is 1. The molecule has 0 bridgehead atoms. The van der Waals surface area contributed by atoms with Gasteiger partial charge >= 0.3 is 6.03 Å². The third kappa shape index (κ3) is 9.85. The molecule has 12 heteroatoms. The van der Waals surface area contributed by atoms with Crippen LogP contribution in [0.3, 0.4) is 0 Å². The SMILES string of the molecule is COc1cc(C(=O)N(C)c2ccc(C)cc2OCCCCNC(=O)N2CCN(C)CC2)ccc1NC(=O)c1ccccc1OCCCN. The minimum atomic E-state index is -0.369. The minimum Gasteiger partial charge on any atom is -0.495 e. The molecule has 1 fully saturated rings. The van der Waals surface area contributed by atoms with Gasteiger partial charge in [-0.25, -0.2) is 4.79 Å². The Labute approximate surface area is 283 Å². The number of benzene rings is 3. The molecule has 1 aliphatic rings. The predicted molar refractivity (Wildman–Crippen MR) is 188 cm³/mol. The average Bonchev–Trinajstić information content (AvgIpc) is 3.09. The molecular weight excluding hydrogens is 612 g/mol. The smallest absolute Gasteiger partial charge is 0.317 e. The first-order valence-electron chi connectivity index (χ1n) is 16.4. The van der Waals surface area contributed by atoms with E-state index in [2.05, 4.69) is 22.6 Å². The lowest BCUT2D eigenvalue weighted by molar-refractivity contribution is 0.0990. The van der Waals surface area contributed by atoms with E-state index >= 15 is 0 Å². The van der Waals surface area contributed by atoms with E-state index in [1.165, 1.54) is 12.0 Å². The van der Waals surface area contributed by atoms with Crippen molar-refractivity contribution in [2.24, 2.45) is 5.73 Å². The Morgan fingerprint density at radius 3 is 2.35 bits per heavy atom. The number of hydrogen-bond donors (Lipinski definition) is 3. The summed E-state index contributed by atoms with van der Waals surface area (Å²) in [5.74, 6) is 0.747. The summed E-state index contributed by atoms with van der Waals surface area (Å²) in [6.07, 6.45) is 2.18. The fourth-order valence-electron chi connectivity index (χ4n) is 5.21. The number of anilines is 2. The molecule has 0 aromatic heterocycles. The van der Waals surface area contributed by atoms with Crippen molar-refractivity contribution in [1.82, 2.24) is 15.1 Å². The summed E-state index contributed by atoms with van der Waals surface area (Å²) in [6, 6.07) is 17.5. The molecule has 0 aliphatic carbocycles. The quantitative estimate of drug-likeness (QED) is 0.204. The Morgan fingerprint density at radius 1 is 0.875 bits per heavy atom. The van der Waals surface area contributed by atoms with E-state index in [0.717, 1.165) is 44.6 Å². The molecule has 12 nitrogen and oxygen atoms in total. The molecule has 3 aromatic rings. The van der Waals surface area contributed by atoms with E-state index in [0.29, 0.717) is 72.5 Å². The number of hydrogen-bond acceptors (Lipinski definition) is 8. The second-order valence-electron chi connectivity index (χ2n) is 11.8. The number of methoxy groups -OCH3 is 1. The summed E-state index contributed by atoms with van der Waals surface area (Å²) in [6.45, 7) is 7.11. The van der Waals surface area contributed by atoms with Crippen molar-refractivity contribution < 1.29 is 28.6 Å². The first-order chi connectivity index (χ1) is 23.2. The van der Waals surface area contributed by atoms with E-state index in [4.69, 9.17) is 19.9 Å². The van der Waals surface area contributed by atoms with Gasteiger partial charge in [0.2, 0.25) is 0 Å². The summed E-state index contributed by atoms with van der Waals surface area (Å²) in [4.78, 5) is 44.8. The fraction of sp³-hybridized carbons (Fsp3) is 0.417. The number of unbranched alkanes of at least 4 members (excludes halogenated alkanes) is 1. The standard InChI is InChI=1S/C36H48N6O6/c1-26-12-15-30(33(24-26)48-22-8-7-17-38-36(45)42-20-18-40(2)19-21-42)41(3)35(44)27-13-14-29(32(25-27)46-4)39-34(43)28-10-5-6-11-31(28)47-23-9-16-37/h5-6,10-15,24-25H,7-9,16-23,37H2,1-4H3,(H,38,45)(H,39,43). The van der Waals surface area contributed by atoms with Crippen LogP contribution >= 0.6 is 0 Å². The number of rotatable bonds is 15. The molecule has 4 rings (SSSR count). The van der Waals surface area contributed by atoms with Crippen LogP contribution in [0.2, 0.25) is 0 Å². The van der Waals surface area contributed by atoms with Crippen molar-refractivity contribution in [3.05, 3.63) is 77.4 Å². The molecule has 1 aliphatic heterocycles. The van der Waals surface area contributed by atoms with E-state index < -0.39 is 0 Å². The van der Waals surface area contributed by atoms with Crippen LogP contribution in [0.1, 0.15) is 45.5 Å². The minimum absolute atomic E-state index is 0.0221. The zero-order valence-electron chi connectivity index (χ0n) is 28.4. The summed E-state index contributed by atoms with van der Waals surface area (Å²) < 4.78 is 17.5. The Hall–Kier alpha value is -4.81. The van der Waals surface area contributed by atoms with Crippen molar-refractivity contribution in [3.63, 3.8) is 0 Å². The van der Waals surface area contributed by atoms with E-state index in [-0.39, 0.29) is 17.8 Å². The third-order valence-corrected chi connectivity index (χ3v) is 8.11. The molecule has 0 radical (unpaired) electrons. The number of nitrogens with two attached hydrogens (primary N) is 1. The van der Waals surface area contributed by atoms with E-state index in [1.54, 1.807) is 49.5 Å². The van der Waals surface area contributed by atoms with Crippen LogP contribution < -0.4 is 35.5 Å². The molecule has 0 atom stereocenters. The summed E-state index contributed by atoms with van der Waals surface area (Å²) >= 11 is 0. The van der Waals surface area contributed by atoms with Crippen molar-refractivity contribution in [2.75, 3.05) is 83.9 Å². The van der Waals surface area contributed by atoms with Gasteiger partial charge in [-0.3, -0.25) is 9.59 Å². The largest absolute Gasteiger partial charge is 0.495 e.